The minimum atomic E-state index is -0.329. The van der Waals surface area contributed by atoms with E-state index in [4.69, 9.17) is 5.10 Å². The Kier molecular flexibility index (Phi) is 7.67. The van der Waals surface area contributed by atoms with E-state index in [1.165, 1.54) is 12.1 Å². The van der Waals surface area contributed by atoms with Crippen molar-refractivity contribution in [2.45, 2.75) is 66.6 Å². The zero-order chi connectivity index (χ0) is 24.3. The number of carbonyl (C=O) groups is 1. The van der Waals surface area contributed by atoms with Crippen LogP contribution >= 0.6 is 0 Å². The number of hydrogen-bond donors (Lipinski definition) is 1. The molecule has 2 heterocycles. The molecule has 0 bridgehead atoms. The summed E-state index contributed by atoms with van der Waals surface area (Å²) in [4.78, 5) is 19.7. The molecule has 2 aromatic rings. The normalized spacial score (nSPS) is 15.2. The molecule has 0 saturated carbocycles. The Balaban J connectivity index is 2.04. The van der Waals surface area contributed by atoms with Gasteiger partial charge in [0.15, 0.2) is 0 Å². The highest BCUT2D eigenvalue weighted by Crippen LogP contribution is 2.30. The first-order valence-corrected chi connectivity index (χ1v) is 11.9. The SMILES string of the molecule is CCN1CCN(c2c(CN(C(=O)NC(C)(C)C)C(C)C)c(C)nn2-c2cccc(F)c2)CC1. The van der Waals surface area contributed by atoms with Gasteiger partial charge in [-0.1, -0.05) is 13.0 Å². The predicted octanol–water partition coefficient (Wildman–Crippen LogP) is 4.18. The number of aryl methyl sites for hydroxylation is 1. The molecule has 0 aliphatic carbocycles. The molecule has 0 radical (unpaired) electrons. The summed E-state index contributed by atoms with van der Waals surface area (Å²) >= 11 is 0. The maximum Gasteiger partial charge on any atom is 0.318 e. The standard InChI is InChI=1S/C25H39FN6O/c1-8-29-12-14-30(15-13-29)23-22(17-31(18(2)3)24(33)27-25(5,6)7)19(4)28-32(23)21-11-9-10-20(26)16-21/h9-11,16,18H,8,12-15,17H2,1-7H3,(H,27,33). The molecule has 8 heteroatoms. The van der Waals surface area contributed by atoms with E-state index < -0.39 is 0 Å². The summed E-state index contributed by atoms with van der Waals surface area (Å²) in [5.41, 5.74) is 2.21. The molecule has 1 N–H and O–H groups in total. The summed E-state index contributed by atoms with van der Waals surface area (Å²) in [5.74, 6) is 0.653. The Morgan fingerprint density at radius 2 is 1.88 bits per heavy atom. The second-order valence-electron chi connectivity index (χ2n) is 10.1. The molecule has 33 heavy (non-hydrogen) atoms. The maximum atomic E-state index is 14.1. The van der Waals surface area contributed by atoms with E-state index in [1.807, 2.05) is 57.2 Å². The van der Waals surface area contributed by atoms with Crippen LogP contribution in [-0.4, -0.2) is 69.9 Å². The summed E-state index contributed by atoms with van der Waals surface area (Å²) in [7, 11) is 0. The van der Waals surface area contributed by atoms with Crippen LogP contribution in [0.25, 0.3) is 5.69 Å². The fraction of sp³-hybridized carbons (Fsp3) is 0.600. The van der Waals surface area contributed by atoms with Gasteiger partial charge in [-0.2, -0.15) is 5.10 Å². The zero-order valence-electron chi connectivity index (χ0n) is 21.2. The number of benzene rings is 1. The summed E-state index contributed by atoms with van der Waals surface area (Å²) in [5, 5.41) is 7.91. The first-order chi connectivity index (χ1) is 15.5. The van der Waals surface area contributed by atoms with Gasteiger partial charge in [0.1, 0.15) is 11.6 Å². The number of anilines is 1. The molecular weight excluding hydrogens is 419 g/mol. The molecule has 1 aromatic heterocycles. The molecule has 1 aliphatic rings. The average molecular weight is 459 g/mol. The van der Waals surface area contributed by atoms with Gasteiger partial charge in [0.2, 0.25) is 0 Å². The van der Waals surface area contributed by atoms with Gasteiger partial charge >= 0.3 is 6.03 Å². The van der Waals surface area contributed by atoms with Gasteiger partial charge in [-0.15, -0.1) is 0 Å². The number of likely N-dealkylation sites (N-methyl/N-ethyl adjacent to an activating group) is 1. The average Bonchev–Trinajstić information content (AvgIpc) is 3.06. The van der Waals surface area contributed by atoms with Crippen LogP contribution in [-0.2, 0) is 6.54 Å². The van der Waals surface area contributed by atoms with Crippen LogP contribution in [0.15, 0.2) is 24.3 Å². The lowest BCUT2D eigenvalue weighted by molar-refractivity contribution is 0.171. The Bertz CT molecular complexity index is 956. The van der Waals surface area contributed by atoms with E-state index in [9.17, 15) is 9.18 Å². The van der Waals surface area contributed by atoms with Gasteiger partial charge in [0, 0.05) is 43.3 Å². The summed E-state index contributed by atoms with van der Waals surface area (Å²) in [6.07, 6.45) is 0. The molecule has 1 fully saturated rings. The number of rotatable bonds is 6. The molecule has 0 atom stereocenters. The molecule has 3 rings (SSSR count). The number of nitrogens with zero attached hydrogens (tertiary/aromatic N) is 5. The second-order valence-corrected chi connectivity index (χ2v) is 10.1. The number of amides is 2. The predicted molar refractivity (Wildman–Crippen MR) is 132 cm³/mol. The number of piperazine rings is 1. The van der Waals surface area contributed by atoms with Crippen molar-refractivity contribution in [2.24, 2.45) is 0 Å². The number of aromatic nitrogens is 2. The van der Waals surface area contributed by atoms with Crippen molar-refractivity contribution < 1.29 is 9.18 Å². The van der Waals surface area contributed by atoms with Crippen LogP contribution in [0.3, 0.4) is 0 Å². The second kappa shape index (κ2) is 10.1. The van der Waals surface area contributed by atoms with Gasteiger partial charge in [0.25, 0.3) is 0 Å². The minimum absolute atomic E-state index is 0.00839. The fourth-order valence-electron chi connectivity index (χ4n) is 4.17. The highest BCUT2D eigenvalue weighted by atomic mass is 19.1. The highest BCUT2D eigenvalue weighted by Gasteiger charge is 2.29. The molecule has 0 unspecified atom stereocenters. The lowest BCUT2D eigenvalue weighted by Crippen LogP contribution is -2.50. The van der Waals surface area contributed by atoms with Crippen molar-refractivity contribution in [3.8, 4) is 5.69 Å². The van der Waals surface area contributed by atoms with Crippen LogP contribution in [0.1, 0.15) is 52.8 Å². The van der Waals surface area contributed by atoms with Gasteiger partial charge in [-0.3, -0.25) is 0 Å². The first kappa shape index (κ1) is 25.0. The van der Waals surface area contributed by atoms with Crippen LogP contribution in [0.2, 0.25) is 0 Å². The van der Waals surface area contributed by atoms with Gasteiger partial charge in [-0.25, -0.2) is 13.9 Å². The van der Waals surface area contributed by atoms with E-state index in [0.29, 0.717) is 12.2 Å². The summed E-state index contributed by atoms with van der Waals surface area (Å²) < 4.78 is 15.9. The van der Waals surface area contributed by atoms with Crippen molar-refractivity contribution in [2.75, 3.05) is 37.6 Å². The van der Waals surface area contributed by atoms with Crippen molar-refractivity contribution in [1.82, 2.24) is 24.9 Å². The lowest BCUT2D eigenvalue weighted by Gasteiger charge is -2.37. The van der Waals surface area contributed by atoms with E-state index in [1.54, 1.807) is 6.07 Å². The summed E-state index contributed by atoms with van der Waals surface area (Å²) in [6, 6.07) is 6.44. The smallest absolute Gasteiger partial charge is 0.318 e. The molecule has 1 aliphatic heterocycles. The van der Waals surface area contributed by atoms with E-state index in [2.05, 4.69) is 22.0 Å². The quantitative estimate of drug-likeness (QED) is 0.706. The maximum absolute atomic E-state index is 14.1. The van der Waals surface area contributed by atoms with Gasteiger partial charge in [-0.05, 0) is 66.3 Å². The third-order valence-corrected chi connectivity index (χ3v) is 6.02. The fourth-order valence-corrected chi connectivity index (χ4v) is 4.17. The van der Waals surface area contributed by atoms with Gasteiger partial charge < -0.3 is 20.0 Å². The van der Waals surface area contributed by atoms with Crippen LogP contribution in [0.4, 0.5) is 15.0 Å². The van der Waals surface area contributed by atoms with Crippen LogP contribution in [0, 0.1) is 12.7 Å². The van der Waals surface area contributed by atoms with Gasteiger partial charge in [0.05, 0.1) is 17.9 Å². The summed E-state index contributed by atoms with van der Waals surface area (Å²) in [6.45, 7) is 19.2. The first-order valence-electron chi connectivity index (χ1n) is 11.9. The monoisotopic (exact) mass is 458 g/mol. The molecular formula is C25H39FN6O. The van der Waals surface area contributed by atoms with Crippen LogP contribution < -0.4 is 10.2 Å². The van der Waals surface area contributed by atoms with Crippen molar-refractivity contribution in [3.05, 3.63) is 41.3 Å². The Morgan fingerprint density at radius 1 is 1.21 bits per heavy atom. The third kappa shape index (κ3) is 6.05. The van der Waals surface area contributed by atoms with E-state index in [0.717, 1.165) is 49.8 Å². The lowest BCUT2D eigenvalue weighted by atomic mass is 10.1. The number of urea groups is 1. The topological polar surface area (TPSA) is 56.6 Å². The van der Waals surface area contributed by atoms with Crippen LogP contribution in [0.5, 0.6) is 0 Å². The Hall–Kier alpha value is -2.61. The third-order valence-electron chi connectivity index (χ3n) is 6.02. The molecule has 1 aromatic carbocycles. The Labute approximate surface area is 197 Å². The number of halogens is 1. The Morgan fingerprint density at radius 3 is 2.42 bits per heavy atom. The number of nitrogens with one attached hydrogen (secondary N) is 1. The molecule has 1 saturated heterocycles. The number of carbonyl (C=O) groups excluding carboxylic acids is 1. The van der Waals surface area contributed by atoms with E-state index in [-0.39, 0.29) is 23.4 Å². The minimum Gasteiger partial charge on any atom is -0.354 e. The molecule has 0 spiro atoms. The molecule has 7 nitrogen and oxygen atoms in total. The zero-order valence-corrected chi connectivity index (χ0v) is 21.2. The van der Waals surface area contributed by atoms with Crippen molar-refractivity contribution >= 4 is 11.8 Å². The van der Waals surface area contributed by atoms with Crippen molar-refractivity contribution in [3.63, 3.8) is 0 Å². The molecule has 2 amide bonds. The number of hydrogen-bond acceptors (Lipinski definition) is 4. The van der Waals surface area contributed by atoms with Crippen molar-refractivity contribution in [1.29, 1.82) is 0 Å². The molecule has 182 valence electrons. The largest absolute Gasteiger partial charge is 0.354 e. The van der Waals surface area contributed by atoms with E-state index >= 15 is 0 Å². The highest BCUT2D eigenvalue weighted by molar-refractivity contribution is 5.75.